The summed E-state index contributed by atoms with van der Waals surface area (Å²) in [6.45, 7) is 5.77. The second-order valence-corrected chi connectivity index (χ2v) is 5.08. The van der Waals surface area contributed by atoms with Crippen molar-refractivity contribution in [2.24, 2.45) is 5.73 Å². The summed E-state index contributed by atoms with van der Waals surface area (Å²) in [5.41, 5.74) is 4.91. The summed E-state index contributed by atoms with van der Waals surface area (Å²) < 4.78 is 0. The van der Waals surface area contributed by atoms with Crippen LogP contribution in [0, 0.1) is 0 Å². The van der Waals surface area contributed by atoms with Crippen molar-refractivity contribution >= 4 is 5.91 Å². The van der Waals surface area contributed by atoms with Gasteiger partial charge in [-0.2, -0.15) is 0 Å². The van der Waals surface area contributed by atoms with Crippen molar-refractivity contribution in [3.8, 4) is 0 Å². The first-order chi connectivity index (χ1) is 7.49. The van der Waals surface area contributed by atoms with Crippen LogP contribution in [-0.4, -0.2) is 42.5 Å². The second-order valence-electron chi connectivity index (χ2n) is 5.08. The third kappa shape index (κ3) is 3.76. The van der Waals surface area contributed by atoms with Gasteiger partial charge in [0.15, 0.2) is 0 Å². The van der Waals surface area contributed by atoms with E-state index in [-0.39, 0.29) is 5.91 Å². The summed E-state index contributed by atoms with van der Waals surface area (Å²) in [7, 11) is 2.12. The molecule has 1 aliphatic rings. The van der Waals surface area contributed by atoms with Gasteiger partial charge in [-0.25, -0.2) is 0 Å². The summed E-state index contributed by atoms with van der Waals surface area (Å²) in [5.74, 6) is -0.245. The van der Waals surface area contributed by atoms with Gasteiger partial charge in [0.1, 0.15) is 0 Å². The van der Waals surface area contributed by atoms with Gasteiger partial charge < -0.3 is 16.0 Å². The zero-order valence-corrected chi connectivity index (χ0v) is 10.8. The van der Waals surface area contributed by atoms with Gasteiger partial charge in [0, 0.05) is 12.6 Å². The maximum absolute atomic E-state index is 11.5. The van der Waals surface area contributed by atoms with Crippen LogP contribution >= 0.6 is 0 Å². The van der Waals surface area contributed by atoms with Crippen molar-refractivity contribution in [1.82, 2.24) is 10.2 Å². The molecular weight excluding hydrogens is 202 g/mol. The molecule has 0 saturated heterocycles. The largest absolute Gasteiger partial charge is 0.368 e. The number of carbonyl (C=O) groups excluding carboxylic acids is 1. The van der Waals surface area contributed by atoms with Gasteiger partial charge >= 0.3 is 0 Å². The van der Waals surface area contributed by atoms with E-state index in [9.17, 15) is 4.79 Å². The monoisotopic (exact) mass is 227 g/mol. The fraction of sp³-hybridized carbons (Fsp3) is 0.917. The molecule has 0 aromatic carbocycles. The van der Waals surface area contributed by atoms with Crippen LogP contribution in [0.25, 0.3) is 0 Å². The van der Waals surface area contributed by atoms with Gasteiger partial charge in [-0.3, -0.25) is 4.79 Å². The van der Waals surface area contributed by atoms with Crippen LogP contribution in [0.15, 0.2) is 0 Å². The van der Waals surface area contributed by atoms with E-state index in [2.05, 4.69) is 24.2 Å². The van der Waals surface area contributed by atoms with E-state index in [1.165, 1.54) is 12.8 Å². The van der Waals surface area contributed by atoms with Crippen LogP contribution in [0.3, 0.4) is 0 Å². The van der Waals surface area contributed by atoms with Gasteiger partial charge in [0.25, 0.3) is 0 Å². The molecule has 4 nitrogen and oxygen atoms in total. The van der Waals surface area contributed by atoms with E-state index in [0.717, 1.165) is 32.0 Å². The molecule has 0 bridgehead atoms. The lowest BCUT2D eigenvalue weighted by Gasteiger charge is -2.29. The lowest BCUT2D eigenvalue weighted by Crippen LogP contribution is -2.54. The Labute approximate surface area is 98.6 Å². The standard InChI is InChI=1S/C12H25N3O/c1-4-8-14-12(2,11(13)16)7-9-15(3)10-5-6-10/h10,14H,4-9H2,1-3H3,(H2,13,16). The van der Waals surface area contributed by atoms with Gasteiger partial charge in [-0.05, 0) is 46.2 Å². The Morgan fingerprint density at radius 3 is 2.62 bits per heavy atom. The fourth-order valence-corrected chi connectivity index (χ4v) is 1.80. The van der Waals surface area contributed by atoms with Gasteiger partial charge in [0.2, 0.25) is 5.91 Å². The minimum absolute atomic E-state index is 0.245. The van der Waals surface area contributed by atoms with Gasteiger partial charge in [-0.1, -0.05) is 6.92 Å². The molecule has 3 N–H and O–H groups in total. The van der Waals surface area contributed by atoms with Crippen molar-refractivity contribution in [3.05, 3.63) is 0 Å². The summed E-state index contributed by atoms with van der Waals surface area (Å²) in [4.78, 5) is 13.8. The second kappa shape index (κ2) is 5.64. The Morgan fingerprint density at radius 2 is 2.19 bits per heavy atom. The topological polar surface area (TPSA) is 58.4 Å². The number of amides is 1. The number of primary amides is 1. The molecule has 1 saturated carbocycles. The van der Waals surface area contributed by atoms with Crippen molar-refractivity contribution in [3.63, 3.8) is 0 Å². The van der Waals surface area contributed by atoms with Gasteiger partial charge in [-0.15, -0.1) is 0 Å². The fourth-order valence-electron chi connectivity index (χ4n) is 1.80. The van der Waals surface area contributed by atoms with E-state index in [4.69, 9.17) is 5.73 Å². The molecule has 0 aromatic heterocycles. The van der Waals surface area contributed by atoms with Crippen LogP contribution in [0.4, 0.5) is 0 Å². The molecule has 0 aliphatic heterocycles. The Bertz CT molecular complexity index is 240. The highest BCUT2D eigenvalue weighted by Crippen LogP contribution is 2.26. The molecule has 0 aromatic rings. The maximum atomic E-state index is 11.5. The number of hydrogen-bond donors (Lipinski definition) is 2. The van der Waals surface area contributed by atoms with Crippen LogP contribution < -0.4 is 11.1 Å². The van der Waals surface area contributed by atoms with Crippen molar-refractivity contribution in [1.29, 1.82) is 0 Å². The van der Waals surface area contributed by atoms with Gasteiger partial charge in [0.05, 0.1) is 5.54 Å². The zero-order valence-electron chi connectivity index (χ0n) is 10.8. The quantitative estimate of drug-likeness (QED) is 0.642. The molecule has 16 heavy (non-hydrogen) atoms. The molecule has 1 rings (SSSR count). The molecule has 1 aliphatic carbocycles. The summed E-state index contributed by atoms with van der Waals surface area (Å²) in [6, 6.07) is 0.739. The number of nitrogens with two attached hydrogens (primary N) is 1. The molecule has 1 fully saturated rings. The highest BCUT2D eigenvalue weighted by atomic mass is 16.1. The number of nitrogens with zero attached hydrogens (tertiary/aromatic N) is 1. The highest BCUT2D eigenvalue weighted by Gasteiger charge is 2.32. The number of rotatable bonds is 8. The van der Waals surface area contributed by atoms with E-state index < -0.39 is 5.54 Å². The minimum Gasteiger partial charge on any atom is -0.368 e. The van der Waals surface area contributed by atoms with E-state index in [1.54, 1.807) is 0 Å². The van der Waals surface area contributed by atoms with E-state index >= 15 is 0 Å². The molecular formula is C12H25N3O. The van der Waals surface area contributed by atoms with Crippen molar-refractivity contribution in [2.75, 3.05) is 20.1 Å². The highest BCUT2D eigenvalue weighted by molar-refractivity contribution is 5.84. The Balaban J connectivity index is 2.39. The third-order valence-electron chi connectivity index (χ3n) is 3.44. The number of nitrogens with one attached hydrogen (secondary N) is 1. The zero-order chi connectivity index (χ0) is 12.2. The first-order valence-corrected chi connectivity index (χ1v) is 6.25. The van der Waals surface area contributed by atoms with E-state index in [0.29, 0.717) is 0 Å². The molecule has 1 atom stereocenters. The Kier molecular flexibility index (Phi) is 4.74. The predicted octanol–water partition coefficient (Wildman–Crippen LogP) is 0.714. The lowest BCUT2D eigenvalue weighted by atomic mass is 9.96. The van der Waals surface area contributed by atoms with Crippen molar-refractivity contribution in [2.45, 2.75) is 51.1 Å². The Morgan fingerprint density at radius 1 is 1.56 bits per heavy atom. The first kappa shape index (κ1) is 13.5. The number of carbonyl (C=O) groups is 1. The third-order valence-corrected chi connectivity index (χ3v) is 3.44. The van der Waals surface area contributed by atoms with E-state index in [1.807, 2.05) is 6.92 Å². The summed E-state index contributed by atoms with van der Waals surface area (Å²) >= 11 is 0. The first-order valence-electron chi connectivity index (χ1n) is 6.25. The molecule has 4 heteroatoms. The SMILES string of the molecule is CCCNC(C)(CCN(C)C1CC1)C(N)=O. The molecule has 1 amide bonds. The molecule has 1 unspecified atom stereocenters. The van der Waals surface area contributed by atoms with Crippen molar-refractivity contribution < 1.29 is 4.79 Å². The average Bonchev–Trinajstić information content (AvgIpc) is 3.06. The molecule has 0 heterocycles. The normalized spacial score (nSPS) is 19.8. The van der Waals surface area contributed by atoms with Crippen LogP contribution in [0.1, 0.15) is 39.5 Å². The molecule has 0 spiro atoms. The van der Waals surface area contributed by atoms with Crippen LogP contribution in [0.2, 0.25) is 0 Å². The minimum atomic E-state index is -0.556. The maximum Gasteiger partial charge on any atom is 0.237 e. The Hall–Kier alpha value is -0.610. The van der Waals surface area contributed by atoms with Crippen LogP contribution in [0.5, 0.6) is 0 Å². The molecule has 94 valence electrons. The average molecular weight is 227 g/mol. The predicted molar refractivity (Wildman–Crippen MR) is 66.2 cm³/mol. The van der Waals surface area contributed by atoms with Crippen LogP contribution in [-0.2, 0) is 4.79 Å². The smallest absolute Gasteiger partial charge is 0.237 e. The summed E-state index contributed by atoms with van der Waals surface area (Å²) in [6.07, 6.45) is 4.40. The lowest BCUT2D eigenvalue weighted by molar-refractivity contribution is -0.124. The summed E-state index contributed by atoms with van der Waals surface area (Å²) in [5, 5.41) is 3.26. The number of hydrogen-bond acceptors (Lipinski definition) is 3. The molecule has 0 radical (unpaired) electrons.